The summed E-state index contributed by atoms with van der Waals surface area (Å²) >= 11 is 6.43. The maximum Gasteiger partial charge on any atom is 0.158 e. The molecule has 2 N–H and O–H groups in total. The molecule has 2 rings (SSSR count). The van der Waals surface area contributed by atoms with Gasteiger partial charge >= 0.3 is 0 Å². The molecule has 0 bridgehead atoms. The Kier molecular flexibility index (Phi) is 4.85. The van der Waals surface area contributed by atoms with Crippen LogP contribution in [0.2, 0.25) is 0 Å². The van der Waals surface area contributed by atoms with E-state index in [0.29, 0.717) is 4.32 Å². The lowest BCUT2D eigenvalue weighted by molar-refractivity contribution is 0.211. The van der Waals surface area contributed by atoms with Crippen LogP contribution in [0, 0.1) is 0 Å². The second-order valence-corrected chi connectivity index (χ2v) is 6.00. The van der Waals surface area contributed by atoms with E-state index in [1.807, 2.05) is 6.08 Å². The number of hydrogen-bond acceptors (Lipinski definition) is 4. The molecule has 0 radical (unpaired) electrons. The van der Waals surface area contributed by atoms with Gasteiger partial charge < -0.3 is 15.3 Å². The van der Waals surface area contributed by atoms with Crippen LogP contribution in [0.15, 0.2) is 29.2 Å². The Bertz CT molecular complexity index is 481. The van der Waals surface area contributed by atoms with Crippen molar-refractivity contribution in [1.29, 1.82) is 0 Å². The monoisotopic (exact) mass is 294 g/mol. The van der Waals surface area contributed by atoms with Crippen LogP contribution in [-0.2, 0) is 0 Å². The number of aliphatic hydroxyl groups excluding tert-OH is 1. The molecule has 0 saturated carbocycles. The summed E-state index contributed by atoms with van der Waals surface area (Å²) in [5, 5.41) is 12.6. The topological polar surface area (TPSA) is 35.5 Å². The fourth-order valence-electron chi connectivity index (χ4n) is 2.02. The molecule has 1 aliphatic heterocycles. The predicted molar refractivity (Wildman–Crippen MR) is 87.3 cm³/mol. The number of benzene rings is 1. The van der Waals surface area contributed by atoms with Gasteiger partial charge in [0.05, 0.1) is 0 Å². The Morgan fingerprint density at radius 1 is 1.32 bits per heavy atom. The molecule has 5 heteroatoms. The van der Waals surface area contributed by atoms with Gasteiger partial charge in [-0.05, 0) is 37.6 Å². The number of hydrogen-bond donors (Lipinski definition) is 2. The highest BCUT2D eigenvalue weighted by Gasteiger charge is 2.22. The number of nitrogens with one attached hydrogen (secondary N) is 1. The second-order valence-electron chi connectivity index (χ2n) is 4.25. The molecule has 1 aliphatic rings. The van der Waals surface area contributed by atoms with Crippen LogP contribution in [-0.4, -0.2) is 28.7 Å². The Morgan fingerprint density at radius 3 is 2.42 bits per heavy atom. The molecule has 0 aliphatic carbocycles. The van der Waals surface area contributed by atoms with E-state index in [4.69, 9.17) is 12.2 Å². The van der Waals surface area contributed by atoms with Crippen LogP contribution in [0.4, 0.5) is 5.69 Å². The first-order chi connectivity index (χ1) is 9.13. The normalized spacial score (nSPS) is 20.7. The van der Waals surface area contributed by atoms with Crippen molar-refractivity contribution in [3.05, 3.63) is 34.7 Å². The summed E-state index contributed by atoms with van der Waals surface area (Å²) in [7, 11) is 0. The van der Waals surface area contributed by atoms with Crippen LogP contribution in [0.1, 0.15) is 19.4 Å². The van der Waals surface area contributed by atoms with Crippen LogP contribution >= 0.6 is 24.0 Å². The van der Waals surface area contributed by atoms with Crippen LogP contribution < -0.4 is 10.2 Å². The fourth-order valence-corrected chi connectivity index (χ4v) is 3.17. The van der Waals surface area contributed by atoms with E-state index >= 15 is 0 Å². The second kappa shape index (κ2) is 6.41. The van der Waals surface area contributed by atoms with Gasteiger partial charge in [0.2, 0.25) is 0 Å². The molecule has 1 atom stereocenters. The SMILES string of the molecule is CCN(CC)c1ccc(/C=C2\SC(=S)NC2O)cc1. The Labute approximate surface area is 123 Å². The van der Waals surface area contributed by atoms with Crippen LogP contribution in [0.5, 0.6) is 0 Å². The highest BCUT2D eigenvalue weighted by atomic mass is 32.2. The van der Waals surface area contributed by atoms with Crippen LogP contribution in [0.3, 0.4) is 0 Å². The number of anilines is 1. The Balaban J connectivity index is 2.15. The summed E-state index contributed by atoms with van der Waals surface area (Å²) in [5.74, 6) is 0. The van der Waals surface area contributed by atoms with E-state index < -0.39 is 6.23 Å². The van der Waals surface area contributed by atoms with E-state index in [2.05, 4.69) is 48.3 Å². The van der Waals surface area contributed by atoms with Gasteiger partial charge in [-0.3, -0.25) is 0 Å². The minimum absolute atomic E-state index is 0.624. The zero-order valence-corrected chi connectivity index (χ0v) is 12.7. The third-order valence-corrected chi connectivity index (χ3v) is 4.31. The molecule has 19 heavy (non-hydrogen) atoms. The first-order valence-corrected chi connectivity index (χ1v) is 7.59. The van der Waals surface area contributed by atoms with Gasteiger partial charge in [0.1, 0.15) is 4.32 Å². The number of rotatable bonds is 4. The third kappa shape index (κ3) is 3.49. The van der Waals surface area contributed by atoms with Gasteiger partial charge in [0.25, 0.3) is 0 Å². The van der Waals surface area contributed by atoms with Crippen molar-refractivity contribution in [1.82, 2.24) is 5.32 Å². The molecule has 1 fully saturated rings. The molecule has 1 aromatic carbocycles. The molecule has 0 amide bonds. The summed E-state index contributed by atoms with van der Waals surface area (Å²) in [6.45, 7) is 6.31. The summed E-state index contributed by atoms with van der Waals surface area (Å²) in [6.07, 6.45) is 1.30. The Morgan fingerprint density at radius 2 is 1.95 bits per heavy atom. The predicted octanol–water partition coefficient (Wildman–Crippen LogP) is 2.81. The molecule has 0 aromatic heterocycles. The fraction of sp³-hybridized carbons (Fsp3) is 0.357. The standard InChI is InChI=1S/C14H18N2OS2/c1-3-16(4-2)11-7-5-10(6-8-11)9-12-13(17)15-14(18)19-12/h5-9,13,17H,3-4H2,1-2H3,(H,15,18)/b12-9-. The lowest BCUT2D eigenvalue weighted by atomic mass is 10.1. The van der Waals surface area contributed by atoms with E-state index in [0.717, 1.165) is 23.6 Å². The minimum atomic E-state index is -0.667. The average Bonchev–Trinajstić information content (AvgIpc) is 2.71. The number of thiocarbonyl (C=S) groups is 1. The summed E-state index contributed by atoms with van der Waals surface area (Å²) in [6, 6.07) is 8.35. The summed E-state index contributed by atoms with van der Waals surface area (Å²) in [4.78, 5) is 3.15. The summed E-state index contributed by atoms with van der Waals surface area (Å²) in [5.41, 5.74) is 2.30. The first kappa shape index (κ1) is 14.4. The molecule has 1 aromatic rings. The van der Waals surface area contributed by atoms with Gasteiger partial charge in [0, 0.05) is 23.7 Å². The molecule has 102 valence electrons. The third-order valence-electron chi connectivity index (χ3n) is 3.07. The van der Waals surface area contributed by atoms with E-state index in [-0.39, 0.29) is 0 Å². The lowest BCUT2D eigenvalue weighted by Crippen LogP contribution is -2.23. The van der Waals surface area contributed by atoms with E-state index in [1.165, 1.54) is 17.4 Å². The smallest absolute Gasteiger partial charge is 0.158 e. The largest absolute Gasteiger partial charge is 0.372 e. The molecule has 0 spiro atoms. The number of nitrogens with zero attached hydrogens (tertiary/aromatic N) is 1. The molecular weight excluding hydrogens is 276 g/mol. The molecule has 3 nitrogen and oxygen atoms in total. The maximum atomic E-state index is 9.74. The zero-order chi connectivity index (χ0) is 13.8. The van der Waals surface area contributed by atoms with Crippen molar-refractivity contribution in [3.8, 4) is 0 Å². The van der Waals surface area contributed by atoms with Crippen molar-refractivity contribution in [2.24, 2.45) is 0 Å². The summed E-state index contributed by atoms with van der Waals surface area (Å²) < 4.78 is 0.624. The highest BCUT2D eigenvalue weighted by Crippen LogP contribution is 2.29. The number of thioether (sulfide) groups is 1. The molecule has 1 saturated heterocycles. The molecular formula is C14H18N2OS2. The van der Waals surface area contributed by atoms with Crippen molar-refractivity contribution in [2.45, 2.75) is 20.1 Å². The average molecular weight is 294 g/mol. The van der Waals surface area contributed by atoms with Crippen molar-refractivity contribution in [2.75, 3.05) is 18.0 Å². The van der Waals surface area contributed by atoms with Gasteiger partial charge in [-0.1, -0.05) is 36.1 Å². The van der Waals surface area contributed by atoms with Crippen molar-refractivity contribution < 1.29 is 5.11 Å². The van der Waals surface area contributed by atoms with Gasteiger partial charge in [0.15, 0.2) is 6.23 Å². The molecule has 1 unspecified atom stereocenters. The Hall–Kier alpha value is -1.04. The molecule has 1 heterocycles. The lowest BCUT2D eigenvalue weighted by Gasteiger charge is -2.20. The minimum Gasteiger partial charge on any atom is -0.372 e. The zero-order valence-electron chi connectivity index (χ0n) is 11.1. The quantitative estimate of drug-likeness (QED) is 0.835. The van der Waals surface area contributed by atoms with Gasteiger partial charge in [-0.15, -0.1) is 0 Å². The van der Waals surface area contributed by atoms with Gasteiger partial charge in [-0.25, -0.2) is 0 Å². The first-order valence-electron chi connectivity index (χ1n) is 6.37. The van der Waals surface area contributed by atoms with Gasteiger partial charge in [-0.2, -0.15) is 0 Å². The van der Waals surface area contributed by atoms with Crippen molar-refractivity contribution >= 4 is 40.1 Å². The van der Waals surface area contributed by atoms with Crippen LogP contribution in [0.25, 0.3) is 6.08 Å². The van der Waals surface area contributed by atoms with E-state index in [1.54, 1.807) is 0 Å². The highest BCUT2D eigenvalue weighted by molar-refractivity contribution is 8.26. The van der Waals surface area contributed by atoms with E-state index in [9.17, 15) is 5.11 Å². The maximum absolute atomic E-state index is 9.74. The van der Waals surface area contributed by atoms with Crippen molar-refractivity contribution in [3.63, 3.8) is 0 Å². The number of aliphatic hydroxyl groups is 1.